The molecule has 1 N–H and O–H groups in total. The molecule has 0 atom stereocenters. The number of halogens is 1. The summed E-state index contributed by atoms with van der Waals surface area (Å²) in [5.41, 5.74) is 3.38. The summed E-state index contributed by atoms with van der Waals surface area (Å²) in [6.07, 6.45) is 0.532. The Morgan fingerprint density at radius 1 is 1.25 bits per heavy atom. The molecule has 4 nitrogen and oxygen atoms in total. The van der Waals surface area contributed by atoms with Crippen LogP contribution in [0, 0.1) is 13.8 Å². The van der Waals surface area contributed by atoms with E-state index in [9.17, 15) is 4.79 Å². The fraction of sp³-hybridized carbons (Fsp3) is 0.267. The molecular weight excluding hydrogens is 276 g/mol. The summed E-state index contributed by atoms with van der Waals surface area (Å²) >= 11 is 5.97. The molecule has 0 unspecified atom stereocenters. The molecule has 0 aliphatic rings. The van der Waals surface area contributed by atoms with Crippen LogP contribution in [0.25, 0.3) is 11.4 Å². The van der Waals surface area contributed by atoms with Crippen LogP contribution in [0.15, 0.2) is 24.3 Å². The van der Waals surface area contributed by atoms with Gasteiger partial charge in [-0.15, -0.1) is 0 Å². The number of rotatable bonds is 4. The summed E-state index contributed by atoms with van der Waals surface area (Å²) in [7, 11) is 0. The van der Waals surface area contributed by atoms with E-state index in [0.29, 0.717) is 17.3 Å². The van der Waals surface area contributed by atoms with Gasteiger partial charge in [0.2, 0.25) is 0 Å². The molecule has 1 aromatic heterocycles. The number of carboxylic acid groups (broad SMARTS) is 1. The van der Waals surface area contributed by atoms with Crippen molar-refractivity contribution < 1.29 is 9.90 Å². The van der Waals surface area contributed by atoms with E-state index < -0.39 is 5.97 Å². The van der Waals surface area contributed by atoms with Crippen LogP contribution in [0.1, 0.15) is 23.4 Å². The molecule has 0 aliphatic heterocycles. The van der Waals surface area contributed by atoms with Crippen molar-refractivity contribution in [3.63, 3.8) is 0 Å². The number of carbonyl (C=O) groups is 1. The lowest BCUT2D eigenvalue weighted by Crippen LogP contribution is -2.05. The number of hydrogen-bond acceptors (Lipinski definition) is 3. The van der Waals surface area contributed by atoms with Gasteiger partial charge < -0.3 is 5.11 Å². The minimum atomic E-state index is -0.817. The molecular formula is C15H15ClN2O2. The predicted molar refractivity (Wildman–Crippen MR) is 77.9 cm³/mol. The second-order valence-electron chi connectivity index (χ2n) is 4.60. The lowest BCUT2D eigenvalue weighted by molar-refractivity contribution is -0.136. The molecule has 0 fully saturated rings. The van der Waals surface area contributed by atoms with Crippen molar-refractivity contribution in [2.75, 3.05) is 0 Å². The monoisotopic (exact) mass is 290 g/mol. The van der Waals surface area contributed by atoms with Crippen LogP contribution >= 0.6 is 11.6 Å². The summed E-state index contributed by atoms with van der Waals surface area (Å²) in [5.74, 6) is -0.204. The number of benzene rings is 1. The molecule has 0 amide bonds. The zero-order chi connectivity index (χ0) is 14.7. The van der Waals surface area contributed by atoms with Gasteiger partial charge in [0, 0.05) is 28.4 Å². The maximum Gasteiger partial charge on any atom is 0.303 e. The highest BCUT2D eigenvalue weighted by atomic mass is 35.5. The number of carboxylic acids is 1. The van der Waals surface area contributed by atoms with Crippen molar-refractivity contribution in [1.82, 2.24) is 9.97 Å². The quantitative estimate of drug-likeness (QED) is 0.937. The third-order valence-electron chi connectivity index (χ3n) is 3.09. The van der Waals surface area contributed by atoms with E-state index >= 15 is 0 Å². The maximum absolute atomic E-state index is 10.7. The fourth-order valence-electron chi connectivity index (χ4n) is 2.09. The predicted octanol–water partition coefficient (Wildman–Crippen LogP) is 3.43. The Morgan fingerprint density at radius 3 is 2.45 bits per heavy atom. The van der Waals surface area contributed by atoms with Gasteiger partial charge in [0.15, 0.2) is 5.82 Å². The largest absolute Gasteiger partial charge is 0.481 e. The van der Waals surface area contributed by atoms with Crippen molar-refractivity contribution in [3.05, 3.63) is 46.2 Å². The molecule has 0 bridgehead atoms. The SMILES string of the molecule is Cc1nc(-c2cccc(Cl)c2)nc(C)c1CCC(=O)O. The first-order chi connectivity index (χ1) is 9.47. The van der Waals surface area contributed by atoms with E-state index in [0.717, 1.165) is 22.5 Å². The molecule has 0 spiro atoms. The highest BCUT2D eigenvalue weighted by Crippen LogP contribution is 2.22. The molecule has 2 rings (SSSR count). The first-order valence-electron chi connectivity index (χ1n) is 6.29. The zero-order valence-corrected chi connectivity index (χ0v) is 12.1. The minimum absolute atomic E-state index is 0.0849. The average molecular weight is 291 g/mol. The van der Waals surface area contributed by atoms with E-state index in [2.05, 4.69) is 9.97 Å². The van der Waals surface area contributed by atoms with Crippen LogP contribution in [0.3, 0.4) is 0 Å². The van der Waals surface area contributed by atoms with Gasteiger partial charge in [0.05, 0.1) is 0 Å². The van der Waals surface area contributed by atoms with Gasteiger partial charge in [-0.2, -0.15) is 0 Å². The normalized spacial score (nSPS) is 10.6. The van der Waals surface area contributed by atoms with Gasteiger partial charge in [-0.05, 0) is 38.0 Å². The third-order valence-corrected chi connectivity index (χ3v) is 3.33. The lowest BCUT2D eigenvalue weighted by Gasteiger charge is -2.10. The third kappa shape index (κ3) is 3.33. The summed E-state index contributed by atoms with van der Waals surface area (Å²) in [5, 5.41) is 9.40. The van der Waals surface area contributed by atoms with Crippen molar-refractivity contribution in [2.24, 2.45) is 0 Å². The molecule has 0 radical (unpaired) electrons. The van der Waals surface area contributed by atoms with E-state index in [1.165, 1.54) is 0 Å². The Morgan fingerprint density at radius 2 is 1.90 bits per heavy atom. The van der Waals surface area contributed by atoms with Crippen molar-refractivity contribution in [2.45, 2.75) is 26.7 Å². The molecule has 1 aromatic carbocycles. The first kappa shape index (κ1) is 14.5. The number of aryl methyl sites for hydroxylation is 2. The molecule has 20 heavy (non-hydrogen) atoms. The first-order valence-corrected chi connectivity index (χ1v) is 6.67. The standard InChI is InChI=1S/C15H15ClN2O2/c1-9-13(6-7-14(19)20)10(2)18-15(17-9)11-4-3-5-12(16)8-11/h3-5,8H,6-7H2,1-2H3,(H,19,20). The molecule has 2 aromatic rings. The number of nitrogens with zero attached hydrogens (tertiary/aromatic N) is 2. The molecule has 1 heterocycles. The average Bonchev–Trinajstić information content (AvgIpc) is 2.37. The van der Waals surface area contributed by atoms with Crippen LogP contribution in [0.4, 0.5) is 0 Å². The van der Waals surface area contributed by atoms with Crippen LogP contribution in [0.5, 0.6) is 0 Å². The van der Waals surface area contributed by atoms with Gasteiger partial charge in [0.1, 0.15) is 0 Å². The van der Waals surface area contributed by atoms with Gasteiger partial charge in [0.25, 0.3) is 0 Å². The molecule has 0 aliphatic carbocycles. The van der Waals surface area contributed by atoms with E-state index in [4.69, 9.17) is 16.7 Å². The second kappa shape index (κ2) is 6.01. The Balaban J connectivity index is 2.37. The highest BCUT2D eigenvalue weighted by molar-refractivity contribution is 6.30. The molecule has 5 heteroatoms. The number of aliphatic carboxylic acids is 1. The smallest absolute Gasteiger partial charge is 0.303 e. The van der Waals surface area contributed by atoms with Crippen LogP contribution in [0.2, 0.25) is 5.02 Å². The van der Waals surface area contributed by atoms with Crippen LogP contribution < -0.4 is 0 Å². The Bertz CT molecular complexity index is 633. The Kier molecular flexibility index (Phi) is 4.35. The van der Waals surface area contributed by atoms with Gasteiger partial charge in [-0.3, -0.25) is 4.79 Å². The Labute approximate surface area is 122 Å². The highest BCUT2D eigenvalue weighted by Gasteiger charge is 2.11. The maximum atomic E-state index is 10.7. The topological polar surface area (TPSA) is 63.1 Å². The number of aromatic nitrogens is 2. The zero-order valence-electron chi connectivity index (χ0n) is 11.4. The minimum Gasteiger partial charge on any atom is -0.481 e. The van der Waals surface area contributed by atoms with Crippen LogP contribution in [-0.4, -0.2) is 21.0 Å². The van der Waals surface area contributed by atoms with Crippen LogP contribution in [-0.2, 0) is 11.2 Å². The van der Waals surface area contributed by atoms with Gasteiger partial charge in [-0.1, -0.05) is 23.7 Å². The number of hydrogen-bond donors (Lipinski definition) is 1. The summed E-state index contributed by atoms with van der Waals surface area (Å²) in [4.78, 5) is 19.6. The Hall–Kier alpha value is -1.94. The summed E-state index contributed by atoms with van der Waals surface area (Å²) in [6.45, 7) is 3.75. The second-order valence-corrected chi connectivity index (χ2v) is 5.04. The van der Waals surface area contributed by atoms with E-state index in [1.807, 2.05) is 32.0 Å². The molecule has 0 saturated heterocycles. The van der Waals surface area contributed by atoms with E-state index in [-0.39, 0.29) is 6.42 Å². The van der Waals surface area contributed by atoms with Crippen molar-refractivity contribution in [3.8, 4) is 11.4 Å². The molecule has 0 saturated carbocycles. The van der Waals surface area contributed by atoms with Crippen molar-refractivity contribution in [1.29, 1.82) is 0 Å². The fourth-order valence-corrected chi connectivity index (χ4v) is 2.28. The summed E-state index contributed by atoms with van der Waals surface area (Å²) < 4.78 is 0. The summed E-state index contributed by atoms with van der Waals surface area (Å²) in [6, 6.07) is 7.36. The van der Waals surface area contributed by atoms with Crippen molar-refractivity contribution >= 4 is 17.6 Å². The van der Waals surface area contributed by atoms with Gasteiger partial charge >= 0.3 is 5.97 Å². The molecule has 104 valence electrons. The van der Waals surface area contributed by atoms with E-state index in [1.54, 1.807) is 6.07 Å². The lowest BCUT2D eigenvalue weighted by atomic mass is 10.1. The van der Waals surface area contributed by atoms with Gasteiger partial charge in [-0.25, -0.2) is 9.97 Å².